The summed E-state index contributed by atoms with van der Waals surface area (Å²) in [6.45, 7) is 4.50. The first-order chi connectivity index (χ1) is 3.31. The molecule has 1 nitrogen and oxygen atoms in total. The maximum atomic E-state index is 5.24. The third-order valence-electron chi connectivity index (χ3n) is 0.697. The summed E-state index contributed by atoms with van der Waals surface area (Å²) in [7, 11) is 0. The summed E-state index contributed by atoms with van der Waals surface area (Å²) in [5.41, 5.74) is 9.30. The highest BCUT2D eigenvalue weighted by atomic mass is 14.5. The largest absolute Gasteiger partial charge is 0.326 e. The highest BCUT2D eigenvalue weighted by molar-refractivity contribution is 4.97. The Labute approximate surface area is 44.5 Å². The van der Waals surface area contributed by atoms with Crippen LogP contribution in [0.25, 0.3) is 0 Å². The zero-order valence-corrected chi connectivity index (χ0v) is 4.86. The third kappa shape index (κ3) is 3.31. The molecule has 0 fully saturated rings. The van der Waals surface area contributed by atoms with Crippen molar-refractivity contribution in [2.75, 3.05) is 6.54 Å². The van der Waals surface area contributed by atoms with Gasteiger partial charge in [-0.15, -0.1) is 5.73 Å². The second kappa shape index (κ2) is 3.66. The molecule has 0 aromatic heterocycles. The van der Waals surface area contributed by atoms with E-state index in [1.165, 1.54) is 0 Å². The average Bonchev–Trinajstić information content (AvgIpc) is 1.68. The van der Waals surface area contributed by atoms with Gasteiger partial charge in [-0.3, -0.25) is 0 Å². The summed E-state index contributed by atoms with van der Waals surface area (Å²) in [5.74, 6) is 0. The summed E-state index contributed by atoms with van der Waals surface area (Å²) < 4.78 is 0. The zero-order chi connectivity index (χ0) is 5.70. The second-order valence-electron chi connectivity index (χ2n) is 1.42. The van der Waals surface area contributed by atoms with E-state index in [9.17, 15) is 0 Å². The molecule has 0 saturated heterocycles. The van der Waals surface area contributed by atoms with Crippen LogP contribution in [0.1, 0.15) is 13.8 Å². The van der Waals surface area contributed by atoms with Crippen LogP contribution >= 0.6 is 0 Å². The van der Waals surface area contributed by atoms with Crippen molar-refractivity contribution >= 4 is 0 Å². The average molecular weight is 97.2 g/mol. The Morgan fingerprint density at radius 2 is 2.43 bits per heavy atom. The maximum Gasteiger partial charge on any atom is 0.0210 e. The Morgan fingerprint density at radius 3 is 2.57 bits per heavy atom. The van der Waals surface area contributed by atoms with E-state index in [1.54, 1.807) is 0 Å². The Kier molecular flexibility index (Phi) is 3.39. The van der Waals surface area contributed by atoms with Gasteiger partial charge in [0.15, 0.2) is 0 Å². The number of hydrogen-bond donors (Lipinski definition) is 1. The number of nitrogens with two attached hydrogens (primary N) is 1. The van der Waals surface area contributed by atoms with Crippen molar-refractivity contribution in [3.8, 4) is 0 Å². The molecule has 0 spiro atoms. The van der Waals surface area contributed by atoms with Crippen LogP contribution in [-0.2, 0) is 0 Å². The summed E-state index contributed by atoms with van der Waals surface area (Å²) in [4.78, 5) is 0. The summed E-state index contributed by atoms with van der Waals surface area (Å²) in [6, 6.07) is 0. The summed E-state index contributed by atoms with van der Waals surface area (Å²) in [6.07, 6.45) is 1.86. The fraction of sp³-hybridized carbons (Fsp3) is 0.500. The zero-order valence-electron chi connectivity index (χ0n) is 4.86. The fourth-order valence-corrected chi connectivity index (χ4v) is 0.305. The molecule has 0 amide bonds. The van der Waals surface area contributed by atoms with Crippen LogP contribution in [0.15, 0.2) is 17.4 Å². The lowest BCUT2D eigenvalue weighted by atomic mass is 10.3. The van der Waals surface area contributed by atoms with E-state index in [0.29, 0.717) is 6.54 Å². The predicted molar refractivity (Wildman–Crippen MR) is 32.0 cm³/mol. The minimum Gasteiger partial charge on any atom is -0.326 e. The van der Waals surface area contributed by atoms with Crippen LogP contribution in [0, 0.1) is 0 Å². The van der Waals surface area contributed by atoms with Crippen molar-refractivity contribution in [1.29, 1.82) is 0 Å². The SMILES string of the molecule is CC=C=C(C)CN. The fourth-order valence-electron chi connectivity index (χ4n) is 0.305. The third-order valence-corrected chi connectivity index (χ3v) is 0.697. The molecule has 1 heteroatoms. The molecular weight excluding hydrogens is 86.1 g/mol. The topological polar surface area (TPSA) is 26.0 Å². The van der Waals surface area contributed by atoms with Crippen molar-refractivity contribution < 1.29 is 0 Å². The lowest BCUT2D eigenvalue weighted by Crippen LogP contribution is -1.97. The van der Waals surface area contributed by atoms with Gasteiger partial charge >= 0.3 is 0 Å². The molecule has 0 saturated carbocycles. The first kappa shape index (κ1) is 6.48. The Balaban J connectivity index is 3.74. The highest BCUT2D eigenvalue weighted by Crippen LogP contribution is 1.80. The van der Waals surface area contributed by atoms with Crippen molar-refractivity contribution in [3.05, 3.63) is 17.4 Å². The van der Waals surface area contributed by atoms with Gasteiger partial charge in [0.2, 0.25) is 0 Å². The van der Waals surface area contributed by atoms with Gasteiger partial charge in [0.25, 0.3) is 0 Å². The molecular formula is C6H11N. The molecule has 0 radical (unpaired) electrons. The van der Waals surface area contributed by atoms with Crippen LogP contribution in [-0.4, -0.2) is 6.54 Å². The summed E-state index contributed by atoms with van der Waals surface area (Å²) in [5, 5.41) is 0. The molecule has 0 unspecified atom stereocenters. The molecule has 7 heavy (non-hydrogen) atoms. The number of hydrogen-bond acceptors (Lipinski definition) is 1. The van der Waals surface area contributed by atoms with Gasteiger partial charge in [0.05, 0.1) is 0 Å². The minimum atomic E-state index is 0.615. The van der Waals surface area contributed by atoms with Crippen LogP contribution in [0.5, 0.6) is 0 Å². The van der Waals surface area contributed by atoms with Crippen LogP contribution in [0.4, 0.5) is 0 Å². The lowest BCUT2D eigenvalue weighted by Gasteiger charge is -1.82. The second-order valence-corrected chi connectivity index (χ2v) is 1.42. The van der Waals surface area contributed by atoms with Crippen molar-refractivity contribution in [3.63, 3.8) is 0 Å². The first-order valence-electron chi connectivity index (χ1n) is 2.38. The van der Waals surface area contributed by atoms with Gasteiger partial charge in [-0.05, 0) is 25.5 Å². The molecule has 0 aliphatic carbocycles. The van der Waals surface area contributed by atoms with Crippen molar-refractivity contribution in [1.82, 2.24) is 0 Å². The van der Waals surface area contributed by atoms with Gasteiger partial charge in [-0.1, -0.05) is 0 Å². The van der Waals surface area contributed by atoms with E-state index in [1.807, 2.05) is 19.9 Å². The normalized spacial score (nSPS) is 7.29. The van der Waals surface area contributed by atoms with Gasteiger partial charge in [-0.2, -0.15) is 0 Å². The smallest absolute Gasteiger partial charge is 0.0210 e. The number of rotatable bonds is 1. The lowest BCUT2D eigenvalue weighted by molar-refractivity contribution is 1.14. The van der Waals surface area contributed by atoms with Crippen LogP contribution in [0.3, 0.4) is 0 Å². The van der Waals surface area contributed by atoms with Crippen molar-refractivity contribution in [2.45, 2.75) is 13.8 Å². The van der Waals surface area contributed by atoms with E-state index >= 15 is 0 Å². The van der Waals surface area contributed by atoms with Crippen molar-refractivity contribution in [2.24, 2.45) is 5.73 Å². The van der Waals surface area contributed by atoms with Crippen LogP contribution < -0.4 is 5.73 Å². The standard InChI is InChI=1S/C6H11N/c1-3-4-6(2)5-7/h3H,5,7H2,1-2H3. The molecule has 0 rings (SSSR count). The van der Waals surface area contributed by atoms with E-state index in [0.717, 1.165) is 5.57 Å². The highest BCUT2D eigenvalue weighted by Gasteiger charge is 1.73. The van der Waals surface area contributed by atoms with E-state index in [-0.39, 0.29) is 0 Å². The van der Waals surface area contributed by atoms with E-state index < -0.39 is 0 Å². The molecule has 0 aromatic carbocycles. The molecule has 0 aliphatic rings. The van der Waals surface area contributed by atoms with Gasteiger partial charge in [0, 0.05) is 6.54 Å². The first-order valence-corrected chi connectivity index (χ1v) is 2.38. The van der Waals surface area contributed by atoms with E-state index in [4.69, 9.17) is 5.73 Å². The Hall–Kier alpha value is -0.520. The van der Waals surface area contributed by atoms with Gasteiger partial charge in [-0.25, -0.2) is 0 Å². The molecule has 40 valence electrons. The predicted octanol–water partition coefficient (Wildman–Crippen LogP) is 1.07. The van der Waals surface area contributed by atoms with Crippen LogP contribution in [0.2, 0.25) is 0 Å². The minimum absolute atomic E-state index is 0.615. The molecule has 0 atom stereocenters. The maximum absolute atomic E-state index is 5.24. The van der Waals surface area contributed by atoms with Gasteiger partial charge in [0.1, 0.15) is 0 Å². The molecule has 2 N–H and O–H groups in total. The quantitative estimate of drug-likeness (QED) is 0.486. The van der Waals surface area contributed by atoms with Gasteiger partial charge < -0.3 is 5.73 Å². The monoisotopic (exact) mass is 97.1 g/mol. The summed E-state index contributed by atoms with van der Waals surface area (Å²) >= 11 is 0. The molecule has 0 aromatic rings. The molecule has 0 aliphatic heterocycles. The molecule has 0 heterocycles. The molecule has 0 bridgehead atoms. The Morgan fingerprint density at radius 1 is 1.86 bits per heavy atom. The Bertz CT molecular complexity index is 96.7. The van der Waals surface area contributed by atoms with E-state index in [2.05, 4.69) is 5.73 Å².